The third-order valence-electron chi connectivity index (χ3n) is 3.24. The predicted octanol–water partition coefficient (Wildman–Crippen LogP) is 2.95. The molecule has 5 nitrogen and oxygen atoms in total. The fraction of sp³-hybridized carbons (Fsp3) is 0.467. The summed E-state index contributed by atoms with van der Waals surface area (Å²) in [7, 11) is 0. The highest BCUT2D eigenvalue weighted by Crippen LogP contribution is 2.40. The molecular formula is C15H17F3N2O3. The van der Waals surface area contributed by atoms with Crippen LogP contribution in [0.2, 0.25) is 0 Å². The SMILES string of the molecule is CC1=NN(C(=O)c2ccc(OC(C)C)cc2)[C@](O)(C(F)(F)F)C1. The first kappa shape index (κ1) is 17.3. The summed E-state index contributed by atoms with van der Waals surface area (Å²) in [5.41, 5.74) is -3.32. The molecule has 0 saturated carbocycles. The number of nitrogens with zero attached hydrogens (tertiary/aromatic N) is 2. The van der Waals surface area contributed by atoms with Crippen LogP contribution in [0.4, 0.5) is 13.2 Å². The molecule has 1 N–H and O–H groups in total. The maximum Gasteiger partial charge on any atom is 0.438 e. The molecule has 8 heteroatoms. The fourth-order valence-corrected chi connectivity index (χ4v) is 2.22. The Morgan fingerprint density at radius 2 is 1.91 bits per heavy atom. The lowest BCUT2D eigenvalue weighted by molar-refractivity contribution is -0.297. The molecule has 0 aliphatic carbocycles. The second kappa shape index (κ2) is 5.84. The Bertz CT molecular complexity index is 626. The van der Waals surface area contributed by atoms with Crippen LogP contribution in [0.3, 0.4) is 0 Å². The van der Waals surface area contributed by atoms with Gasteiger partial charge < -0.3 is 9.84 Å². The number of benzene rings is 1. The van der Waals surface area contributed by atoms with E-state index in [1.54, 1.807) is 0 Å². The van der Waals surface area contributed by atoms with Crippen LogP contribution < -0.4 is 4.74 Å². The van der Waals surface area contributed by atoms with Gasteiger partial charge in [0.15, 0.2) is 0 Å². The van der Waals surface area contributed by atoms with Crippen LogP contribution in [-0.4, -0.2) is 39.7 Å². The molecule has 0 radical (unpaired) electrons. The minimum atomic E-state index is -5.01. The summed E-state index contributed by atoms with van der Waals surface area (Å²) in [5.74, 6) is -0.540. The normalized spacial score (nSPS) is 21.6. The van der Waals surface area contributed by atoms with Crippen molar-refractivity contribution in [3.8, 4) is 5.75 Å². The van der Waals surface area contributed by atoms with Gasteiger partial charge in [0.1, 0.15) is 5.75 Å². The number of halogens is 3. The molecule has 1 aromatic carbocycles. The first-order valence-electron chi connectivity index (χ1n) is 6.99. The molecule has 0 fully saturated rings. The van der Waals surface area contributed by atoms with Gasteiger partial charge in [0.25, 0.3) is 11.6 Å². The van der Waals surface area contributed by atoms with Gasteiger partial charge in [-0.3, -0.25) is 4.79 Å². The van der Waals surface area contributed by atoms with Gasteiger partial charge in [-0.05, 0) is 45.0 Å². The highest BCUT2D eigenvalue weighted by atomic mass is 19.4. The Balaban J connectivity index is 2.28. The molecule has 1 aromatic rings. The largest absolute Gasteiger partial charge is 0.491 e. The first-order chi connectivity index (χ1) is 10.5. The number of rotatable bonds is 3. The molecule has 1 amide bonds. The van der Waals surface area contributed by atoms with Crippen LogP contribution in [-0.2, 0) is 0 Å². The molecule has 0 unspecified atom stereocenters. The molecule has 0 aromatic heterocycles. The number of hydrazone groups is 1. The Morgan fingerprint density at radius 3 is 2.39 bits per heavy atom. The molecule has 2 rings (SSSR count). The number of amides is 1. The molecule has 1 atom stereocenters. The minimum absolute atomic E-state index is 0.0257. The number of alkyl halides is 3. The molecular weight excluding hydrogens is 313 g/mol. The van der Waals surface area contributed by atoms with E-state index in [-0.39, 0.29) is 22.4 Å². The van der Waals surface area contributed by atoms with Crippen molar-refractivity contribution in [2.24, 2.45) is 5.10 Å². The maximum absolute atomic E-state index is 13.1. The number of ether oxygens (including phenoxy) is 1. The van der Waals surface area contributed by atoms with E-state index >= 15 is 0 Å². The van der Waals surface area contributed by atoms with E-state index in [1.165, 1.54) is 31.2 Å². The lowest BCUT2D eigenvalue weighted by Gasteiger charge is -2.32. The second-order valence-electron chi connectivity index (χ2n) is 5.63. The first-order valence-corrected chi connectivity index (χ1v) is 6.99. The predicted molar refractivity (Wildman–Crippen MR) is 77.1 cm³/mol. The summed E-state index contributed by atoms with van der Waals surface area (Å²) in [4.78, 5) is 12.3. The molecule has 1 aliphatic rings. The molecule has 126 valence electrons. The van der Waals surface area contributed by atoms with E-state index in [2.05, 4.69) is 5.10 Å². The second-order valence-corrected chi connectivity index (χ2v) is 5.63. The van der Waals surface area contributed by atoms with E-state index in [9.17, 15) is 23.1 Å². The molecule has 1 aliphatic heterocycles. The Kier molecular flexibility index (Phi) is 4.39. The van der Waals surface area contributed by atoms with Crippen molar-refractivity contribution in [2.45, 2.75) is 45.2 Å². The average Bonchev–Trinajstić information content (AvgIpc) is 2.74. The van der Waals surface area contributed by atoms with Crippen molar-refractivity contribution in [3.05, 3.63) is 29.8 Å². The van der Waals surface area contributed by atoms with Gasteiger partial charge >= 0.3 is 6.18 Å². The van der Waals surface area contributed by atoms with E-state index < -0.39 is 24.2 Å². The Labute approximate surface area is 131 Å². The van der Waals surface area contributed by atoms with Crippen LogP contribution in [0.25, 0.3) is 0 Å². The van der Waals surface area contributed by atoms with Gasteiger partial charge in [0.05, 0.1) is 6.10 Å². The molecule has 0 spiro atoms. The number of hydrogen-bond donors (Lipinski definition) is 1. The van der Waals surface area contributed by atoms with Crippen molar-refractivity contribution >= 4 is 11.6 Å². The van der Waals surface area contributed by atoms with E-state index in [4.69, 9.17) is 4.74 Å². The Morgan fingerprint density at radius 1 is 1.35 bits per heavy atom. The van der Waals surface area contributed by atoms with E-state index in [0.717, 1.165) is 0 Å². The van der Waals surface area contributed by atoms with Gasteiger partial charge in [0.2, 0.25) is 0 Å². The summed E-state index contributed by atoms with van der Waals surface area (Å²) in [6.07, 6.45) is -5.85. The number of carbonyl (C=O) groups excluding carboxylic acids is 1. The monoisotopic (exact) mass is 330 g/mol. The third-order valence-corrected chi connectivity index (χ3v) is 3.24. The van der Waals surface area contributed by atoms with Crippen LogP contribution >= 0.6 is 0 Å². The fourth-order valence-electron chi connectivity index (χ4n) is 2.22. The topological polar surface area (TPSA) is 62.1 Å². The van der Waals surface area contributed by atoms with Gasteiger partial charge in [-0.2, -0.15) is 23.3 Å². The summed E-state index contributed by atoms with van der Waals surface area (Å²) in [5, 5.41) is 13.6. The number of aliphatic hydroxyl groups is 1. The van der Waals surface area contributed by atoms with Crippen molar-refractivity contribution in [1.29, 1.82) is 0 Å². The van der Waals surface area contributed by atoms with Crippen LogP contribution in [0.15, 0.2) is 29.4 Å². The smallest absolute Gasteiger partial charge is 0.438 e. The quantitative estimate of drug-likeness (QED) is 0.927. The van der Waals surface area contributed by atoms with Gasteiger partial charge in [0, 0.05) is 17.7 Å². The lowest BCUT2D eigenvalue weighted by atomic mass is 10.1. The van der Waals surface area contributed by atoms with Crippen LogP contribution in [0, 0.1) is 0 Å². The zero-order chi connectivity index (χ0) is 17.4. The summed E-state index contributed by atoms with van der Waals surface area (Å²) in [6.45, 7) is 4.97. The van der Waals surface area contributed by atoms with Crippen molar-refractivity contribution in [3.63, 3.8) is 0 Å². The highest BCUT2D eigenvalue weighted by Gasteiger charge is 2.62. The molecule has 0 bridgehead atoms. The zero-order valence-corrected chi connectivity index (χ0v) is 12.9. The molecule has 1 heterocycles. The zero-order valence-electron chi connectivity index (χ0n) is 12.9. The van der Waals surface area contributed by atoms with Crippen molar-refractivity contribution in [2.75, 3.05) is 0 Å². The lowest BCUT2D eigenvalue weighted by Crippen LogP contribution is -2.56. The van der Waals surface area contributed by atoms with E-state index in [1.807, 2.05) is 13.8 Å². The average molecular weight is 330 g/mol. The third kappa shape index (κ3) is 3.31. The number of carbonyl (C=O) groups is 1. The number of hydrogen-bond acceptors (Lipinski definition) is 4. The van der Waals surface area contributed by atoms with Crippen molar-refractivity contribution in [1.82, 2.24) is 5.01 Å². The maximum atomic E-state index is 13.1. The van der Waals surface area contributed by atoms with Crippen LogP contribution in [0.1, 0.15) is 37.6 Å². The Hall–Kier alpha value is -2.09. The standard InChI is InChI=1S/C15H17F3N2O3/c1-9(2)23-12-6-4-11(5-7-12)13(21)20-14(22,15(16,17)18)8-10(3)19-20/h4-7,9,22H,8H2,1-3H3/t14-/m1/s1. The van der Waals surface area contributed by atoms with E-state index in [0.29, 0.717) is 5.75 Å². The van der Waals surface area contributed by atoms with Gasteiger partial charge in [-0.25, -0.2) is 0 Å². The summed E-state index contributed by atoms with van der Waals surface area (Å²) >= 11 is 0. The summed E-state index contributed by atoms with van der Waals surface area (Å²) in [6, 6.07) is 5.62. The van der Waals surface area contributed by atoms with Gasteiger partial charge in [-0.15, -0.1) is 0 Å². The van der Waals surface area contributed by atoms with Crippen LogP contribution in [0.5, 0.6) is 5.75 Å². The minimum Gasteiger partial charge on any atom is -0.491 e. The summed E-state index contributed by atoms with van der Waals surface area (Å²) < 4.78 is 44.7. The molecule has 0 saturated heterocycles. The highest BCUT2D eigenvalue weighted by molar-refractivity contribution is 5.97. The van der Waals surface area contributed by atoms with Gasteiger partial charge in [-0.1, -0.05) is 0 Å². The van der Waals surface area contributed by atoms with Crippen molar-refractivity contribution < 1.29 is 27.8 Å². The molecule has 23 heavy (non-hydrogen) atoms.